The average Bonchev–Trinajstić information content (AvgIpc) is 2.84. The van der Waals surface area contributed by atoms with Crippen LogP contribution in [-0.2, 0) is 29.2 Å². The van der Waals surface area contributed by atoms with Crippen LogP contribution in [0.2, 0.25) is 10.0 Å². The Kier molecular flexibility index (Phi) is 7.33. The molecule has 0 saturated heterocycles. The van der Waals surface area contributed by atoms with Crippen LogP contribution in [0, 0.1) is 0 Å². The van der Waals surface area contributed by atoms with E-state index in [1.165, 1.54) is 4.57 Å². The zero-order valence-corrected chi connectivity index (χ0v) is 19.8. The van der Waals surface area contributed by atoms with Gasteiger partial charge in [-0.2, -0.15) is 0 Å². The number of fused-ring (bicyclic) bond motifs is 1. The average molecular weight is 511 g/mol. The van der Waals surface area contributed by atoms with E-state index in [0.29, 0.717) is 26.8 Å². The predicted octanol–water partition coefficient (Wildman–Crippen LogP) is 3.43. The summed E-state index contributed by atoms with van der Waals surface area (Å²) in [5.41, 5.74) is 0.116. The fraction of sp³-hybridized carbons (Fsp3) is 0.120. The maximum Gasteiger partial charge on any atom is 0.332 e. The van der Waals surface area contributed by atoms with Crippen molar-refractivity contribution >= 4 is 51.6 Å². The molecule has 4 rings (SSSR count). The number of hydrogen-bond donors (Lipinski definition) is 2. The Labute approximate surface area is 209 Å². The molecule has 1 aromatic heterocycles. The van der Waals surface area contributed by atoms with Crippen molar-refractivity contribution in [2.75, 3.05) is 5.32 Å². The van der Waals surface area contributed by atoms with Gasteiger partial charge in [-0.15, -0.1) is 0 Å². The van der Waals surface area contributed by atoms with Gasteiger partial charge in [0, 0.05) is 22.3 Å². The van der Waals surface area contributed by atoms with Crippen LogP contribution in [0.3, 0.4) is 0 Å². The monoisotopic (exact) mass is 510 g/mol. The van der Waals surface area contributed by atoms with Crippen molar-refractivity contribution in [2.45, 2.75) is 19.6 Å². The van der Waals surface area contributed by atoms with Gasteiger partial charge in [-0.3, -0.25) is 23.5 Å². The van der Waals surface area contributed by atoms with Crippen molar-refractivity contribution in [1.29, 1.82) is 0 Å². The Hall–Kier alpha value is -3.88. The number of aromatic nitrogens is 2. The molecular formula is C25H20Cl2N4O4. The molecule has 35 heavy (non-hydrogen) atoms. The van der Waals surface area contributed by atoms with Crippen molar-refractivity contribution in [1.82, 2.24) is 14.5 Å². The first-order valence-corrected chi connectivity index (χ1v) is 11.4. The molecule has 2 amide bonds. The second-order valence-electron chi connectivity index (χ2n) is 7.70. The molecule has 0 bridgehead atoms. The molecule has 178 valence electrons. The summed E-state index contributed by atoms with van der Waals surface area (Å²) >= 11 is 12.0. The quantitative estimate of drug-likeness (QED) is 0.397. The van der Waals surface area contributed by atoms with E-state index < -0.39 is 29.6 Å². The highest BCUT2D eigenvalue weighted by Gasteiger charge is 2.17. The fourth-order valence-corrected chi connectivity index (χ4v) is 4.06. The zero-order chi connectivity index (χ0) is 24.9. The number of rotatable bonds is 7. The van der Waals surface area contributed by atoms with E-state index in [-0.39, 0.29) is 18.5 Å². The maximum absolute atomic E-state index is 13.2. The van der Waals surface area contributed by atoms with Gasteiger partial charge in [0.1, 0.15) is 13.1 Å². The second kappa shape index (κ2) is 10.6. The lowest BCUT2D eigenvalue weighted by molar-refractivity contribution is -0.122. The number of nitrogens with zero attached hydrogens (tertiary/aromatic N) is 2. The molecule has 0 aliphatic heterocycles. The molecule has 0 aliphatic carbocycles. The topological polar surface area (TPSA) is 102 Å². The molecular weight excluding hydrogens is 491 g/mol. The molecule has 4 aromatic rings. The number of carbonyl (C=O) groups is 2. The predicted molar refractivity (Wildman–Crippen MR) is 136 cm³/mol. The molecule has 0 spiro atoms. The highest BCUT2D eigenvalue weighted by Crippen LogP contribution is 2.20. The fourth-order valence-electron chi connectivity index (χ4n) is 3.59. The molecule has 0 radical (unpaired) electrons. The number of hydrogen-bond acceptors (Lipinski definition) is 4. The third-order valence-corrected chi connectivity index (χ3v) is 5.87. The van der Waals surface area contributed by atoms with Gasteiger partial charge in [0.25, 0.3) is 5.56 Å². The largest absolute Gasteiger partial charge is 0.350 e. The van der Waals surface area contributed by atoms with Gasteiger partial charge in [0.15, 0.2) is 0 Å². The van der Waals surface area contributed by atoms with Gasteiger partial charge in [-0.25, -0.2) is 4.79 Å². The Bertz CT molecular complexity index is 1530. The number of amides is 2. The van der Waals surface area contributed by atoms with Gasteiger partial charge in [-0.1, -0.05) is 59.6 Å². The van der Waals surface area contributed by atoms with Crippen molar-refractivity contribution in [3.05, 3.63) is 109 Å². The summed E-state index contributed by atoms with van der Waals surface area (Å²) in [6.07, 6.45) is 0. The Morgan fingerprint density at radius 3 is 2.23 bits per heavy atom. The SMILES string of the molecule is O=C(Cn1c(=O)c2ccccc2n(CC(=O)Nc2ccccc2)c1=O)NCc1ccc(Cl)cc1Cl. The standard InChI is InChI=1S/C25H20Cl2N4O4/c26-17-11-10-16(20(27)12-17)13-28-22(32)14-31-24(34)19-8-4-5-9-21(19)30(25(31)35)15-23(33)29-18-6-2-1-3-7-18/h1-12H,13-15H2,(H,28,32)(H,29,33). The first-order valence-electron chi connectivity index (χ1n) is 10.6. The number of halogens is 2. The Balaban J connectivity index is 1.60. The minimum atomic E-state index is -0.767. The molecule has 0 fully saturated rings. The van der Waals surface area contributed by atoms with Gasteiger partial charge >= 0.3 is 5.69 Å². The van der Waals surface area contributed by atoms with E-state index >= 15 is 0 Å². The maximum atomic E-state index is 13.2. The van der Waals surface area contributed by atoms with E-state index in [1.807, 2.05) is 6.07 Å². The second-order valence-corrected chi connectivity index (χ2v) is 8.55. The van der Waals surface area contributed by atoms with Crippen molar-refractivity contribution in [3.63, 3.8) is 0 Å². The van der Waals surface area contributed by atoms with Crippen molar-refractivity contribution < 1.29 is 9.59 Å². The summed E-state index contributed by atoms with van der Waals surface area (Å²) in [5, 5.41) is 6.43. The van der Waals surface area contributed by atoms with E-state index in [0.717, 1.165) is 4.57 Å². The van der Waals surface area contributed by atoms with Crippen LogP contribution >= 0.6 is 23.2 Å². The summed E-state index contributed by atoms with van der Waals surface area (Å²) < 4.78 is 2.00. The highest BCUT2D eigenvalue weighted by atomic mass is 35.5. The first kappa shape index (κ1) is 24.3. The summed E-state index contributed by atoms with van der Waals surface area (Å²) in [6, 6.07) is 20.1. The molecule has 0 saturated carbocycles. The van der Waals surface area contributed by atoms with Crippen LogP contribution in [-0.4, -0.2) is 20.9 Å². The third kappa shape index (κ3) is 5.62. The van der Waals surface area contributed by atoms with Crippen LogP contribution < -0.4 is 21.9 Å². The minimum Gasteiger partial charge on any atom is -0.350 e. The molecule has 2 N–H and O–H groups in total. The van der Waals surface area contributed by atoms with Crippen LogP contribution in [0.15, 0.2) is 82.4 Å². The van der Waals surface area contributed by atoms with Crippen molar-refractivity contribution in [3.8, 4) is 0 Å². The first-order chi connectivity index (χ1) is 16.8. The van der Waals surface area contributed by atoms with E-state index in [9.17, 15) is 19.2 Å². The molecule has 0 atom stereocenters. The molecule has 8 nitrogen and oxygen atoms in total. The van der Waals surface area contributed by atoms with Gasteiger partial charge < -0.3 is 10.6 Å². The smallest absolute Gasteiger partial charge is 0.332 e. The van der Waals surface area contributed by atoms with Crippen LogP contribution in [0.5, 0.6) is 0 Å². The Morgan fingerprint density at radius 1 is 0.800 bits per heavy atom. The number of nitrogens with one attached hydrogen (secondary N) is 2. The van der Waals surface area contributed by atoms with Crippen LogP contribution in [0.25, 0.3) is 10.9 Å². The number of anilines is 1. The van der Waals surface area contributed by atoms with Gasteiger partial charge in [0.2, 0.25) is 11.8 Å². The Morgan fingerprint density at radius 2 is 1.49 bits per heavy atom. The van der Waals surface area contributed by atoms with E-state index in [2.05, 4.69) is 10.6 Å². The lowest BCUT2D eigenvalue weighted by Crippen LogP contribution is -2.44. The summed E-state index contributed by atoms with van der Waals surface area (Å²) in [7, 11) is 0. The number of para-hydroxylation sites is 2. The van der Waals surface area contributed by atoms with Gasteiger partial charge in [-0.05, 0) is 42.0 Å². The zero-order valence-electron chi connectivity index (χ0n) is 18.3. The van der Waals surface area contributed by atoms with E-state index in [4.69, 9.17) is 23.2 Å². The normalized spacial score (nSPS) is 10.8. The number of carbonyl (C=O) groups excluding carboxylic acids is 2. The van der Waals surface area contributed by atoms with E-state index in [1.54, 1.807) is 66.7 Å². The lowest BCUT2D eigenvalue weighted by atomic mass is 10.2. The highest BCUT2D eigenvalue weighted by molar-refractivity contribution is 6.35. The van der Waals surface area contributed by atoms with Crippen LogP contribution in [0.4, 0.5) is 5.69 Å². The molecule has 10 heteroatoms. The summed E-state index contributed by atoms with van der Waals surface area (Å²) in [4.78, 5) is 51.5. The summed E-state index contributed by atoms with van der Waals surface area (Å²) in [6.45, 7) is -0.768. The molecule has 3 aromatic carbocycles. The third-order valence-electron chi connectivity index (χ3n) is 5.28. The van der Waals surface area contributed by atoms with Gasteiger partial charge in [0.05, 0.1) is 10.9 Å². The number of benzene rings is 3. The van der Waals surface area contributed by atoms with Crippen molar-refractivity contribution in [2.24, 2.45) is 0 Å². The van der Waals surface area contributed by atoms with Crippen LogP contribution in [0.1, 0.15) is 5.56 Å². The summed E-state index contributed by atoms with van der Waals surface area (Å²) in [5.74, 6) is -1.01. The minimum absolute atomic E-state index is 0.0881. The molecule has 0 aliphatic rings. The molecule has 0 unspecified atom stereocenters. The lowest BCUT2D eigenvalue weighted by Gasteiger charge is -2.14. The molecule has 1 heterocycles.